The van der Waals surface area contributed by atoms with E-state index < -0.39 is 34.1 Å². The van der Waals surface area contributed by atoms with Crippen molar-refractivity contribution >= 4 is 27.5 Å². The highest BCUT2D eigenvalue weighted by Gasteiger charge is 2.34. The van der Waals surface area contributed by atoms with Gasteiger partial charge in [-0.15, -0.1) is 0 Å². The predicted octanol–water partition coefficient (Wildman–Crippen LogP) is 5.13. The summed E-state index contributed by atoms with van der Waals surface area (Å²) >= 11 is 0. The molecule has 0 aromatic heterocycles. The number of sulfonamides is 1. The Morgan fingerprint density at radius 1 is 0.825 bits per heavy atom. The Morgan fingerprint density at radius 3 is 1.88 bits per heavy atom. The first-order valence-electron chi connectivity index (χ1n) is 13.5. The van der Waals surface area contributed by atoms with Crippen molar-refractivity contribution in [2.24, 2.45) is 0 Å². The normalized spacial score (nSPS) is 12.6. The lowest BCUT2D eigenvalue weighted by Gasteiger charge is -2.35. The predicted molar refractivity (Wildman–Crippen MR) is 162 cm³/mol. The van der Waals surface area contributed by atoms with Crippen LogP contribution in [0.15, 0.2) is 84.9 Å². The molecular weight excluding hydrogens is 522 g/mol. The summed E-state index contributed by atoms with van der Waals surface area (Å²) in [7, 11) is -3.82. The number of amides is 2. The van der Waals surface area contributed by atoms with Gasteiger partial charge in [-0.25, -0.2) is 8.42 Å². The van der Waals surface area contributed by atoms with E-state index in [9.17, 15) is 18.0 Å². The Kier molecular flexibility index (Phi) is 10.1. The maximum atomic E-state index is 14.2. The van der Waals surface area contributed by atoms with E-state index in [4.69, 9.17) is 0 Å². The van der Waals surface area contributed by atoms with E-state index in [0.29, 0.717) is 5.69 Å². The van der Waals surface area contributed by atoms with Gasteiger partial charge in [0.2, 0.25) is 21.8 Å². The molecule has 0 saturated carbocycles. The topological polar surface area (TPSA) is 86.8 Å². The lowest BCUT2D eigenvalue weighted by molar-refractivity contribution is -0.140. The van der Waals surface area contributed by atoms with Crippen LogP contribution in [0.25, 0.3) is 0 Å². The third-order valence-corrected chi connectivity index (χ3v) is 7.60. The Hall–Kier alpha value is -3.65. The van der Waals surface area contributed by atoms with Gasteiger partial charge in [0, 0.05) is 18.5 Å². The molecule has 0 aliphatic carbocycles. The summed E-state index contributed by atoms with van der Waals surface area (Å²) in [6.07, 6.45) is 1.38. The monoisotopic (exact) mass is 563 g/mol. The fourth-order valence-corrected chi connectivity index (χ4v) is 5.45. The molecule has 0 radical (unpaired) electrons. The van der Waals surface area contributed by atoms with Gasteiger partial charge in [-0.05, 0) is 49.4 Å². The van der Waals surface area contributed by atoms with Crippen molar-refractivity contribution in [2.75, 3.05) is 17.1 Å². The molecule has 1 N–H and O–H groups in total. The molecule has 0 aliphatic rings. The molecule has 3 aromatic carbocycles. The first kappa shape index (κ1) is 30.9. The van der Waals surface area contributed by atoms with Crippen molar-refractivity contribution < 1.29 is 18.0 Å². The number of hydrogen-bond donors (Lipinski definition) is 1. The van der Waals surface area contributed by atoms with Crippen LogP contribution in [0, 0.1) is 0 Å². The molecule has 214 valence electrons. The third kappa shape index (κ3) is 8.68. The second-order valence-corrected chi connectivity index (χ2v) is 13.3. The van der Waals surface area contributed by atoms with Crippen LogP contribution in [0.1, 0.15) is 57.2 Å². The summed E-state index contributed by atoms with van der Waals surface area (Å²) in [5.74, 6) is -0.716. The fraction of sp³-hybridized carbons (Fsp3) is 0.375. The molecule has 1 atom stereocenters. The molecule has 0 bridgehead atoms. The van der Waals surface area contributed by atoms with Gasteiger partial charge in [0.1, 0.15) is 12.6 Å². The Bertz CT molecular complexity index is 1380. The highest BCUT2D eigenvalue weighted by atomic mass is 32.2. The molecule has 7 nitrogen and oxygen atoms in total. The zero-order valence-electron chi connectivity index (χ0n) is 24.3. The van der Waals surface area contributed by atoms with Gasteiger partial charge < -0.3 is 10.2 Å². The molecule has 0 unspecified atom stereocenters. The third-order valence-electron chi connectivity index (χ3n) is 6.47. The summed E-state index contributed by atoms with van der Waals surface area (Å²) in [5.41, 5.74) is 2.49. The maximum absolute atomic E-state index is 14.2. The van der Waals surface area contributed by atoms with Crippen LogP contribution in [-0.2, 0) is 32.6 Å². The molecule has 40 heavy (non-hydrogen) atoms. The van der Waals surface area contributed by atoms with E-state index >= 15 is 0 Å². The van der Waals surface area contributed by atoms with Crippen LogP contribution in [-0.4, -0.2) is 49.5 Å². The zero-order valence-corrected chi connectivity index (χ0v) is 25.1. The van der Waals surface area contributed by atoms with Crippen LogP contribution in [0.5, 0.6) is 0 Å². The van der Waals surface area contributed by atoms with Crippen molar-refractivity contribution in [3.05, 3.63) is 102 Å². The van der Waals surface area contributed by atoms with Gasteiger partial charge >= 0.3 is 0 Å². The number of hydrogen-bond acceptors (Lipinski definition) is 4. The molecular formula is C32H41N3O4S. The van der Waals surface area contributed by atoms with Crippen molar-refractivity contribution in [1.29, 1.82) is 0 Å². The van der Waals surface area contributed by atoms with Crippen LogP contribution in [0.2, 0.25) is 0 Å². The van der Waals surface area contributed by atoms with Crippen LogP contribution in [0.4, 0.5) is 5.69 Å². The minimum atomic E-state index is -3.82. The van der Waals surface area contributed by atoms with Gasteiger partial charge in [0.05, 0.1) is 11.9 Å². The van der Waals surface area contributed by atoms with Gasteiger partial charge in [0.25, 0.3) is 0 Å². The first-order valence-corrected chi connectivity index (χ1v) is 15.4. The lowest BCUT2D eigenvalue weighted by atomic mass is 10.00. The number of rotatable bonds is 11. The number of nitrogens with one attached hydrogen (secondary N) is 1. The van der Waals surface area contributed by atoms with Crippen LogP contribution in [0.3, 0.4) is 0 Å². The number of nitrogens with zero attached hydrogens (tertiary/aromatic N) is 2. The van der Waals surface area contributed by atoms with Crippen LogP contribution >= 0.6 is 0 Å². The molecule has 0 fully saturated rings. The number of benzene rings is 3. The highest BCUT2D eigenvalue weighted by molar-refractivity contribution is 7.92. The fourth-order valence-electron chi connectivity index (χ4n) is 4.58. The molecule has 0 heterocycles. The van der Waals surface area contributed by atoms with E-state index in [1.54, 1.807) is 12.1 Å². The second-order valence-electron chi connectivity index (χ2n) is 11.4. The number of para-hydroxylation sites is 1. The summed E-state index contributed by atoms with van der Waals surface area (Å²) in [5, 5.41) is 3.04. The highest BCUT2D eigenvalue weighted by Crippen LogP contribution is 2.29. The number of anilines is 1. The summed E-state index contributed by atoms with van der Waals surface area (Å²) in [4.78, 5) is 29.5. The molecule has 0 saturated heterocycles. The molecule has 0 spiro atoms. The zero-order chi connectivity index (χ0) is 29.5. The van der Waals surface area contributed by atoms with Crippen molar-refractivity contribution in [3.63, 3.8) is 0 Å². The molecule has 3 rings (SSSR count). The van der Waals surface area contributed by atoms with Crippen molar-refractivity contribution in [3.8, 4) is 0 Å². The van der Waals surface area contributed by atoms with E-state index in [1.165, 1.54) is 4.90 Å². The van der Waals surface area contributed by atoms with Crippen LogP contribution < -0.4 is 9.62 Å². The number of carbonyl (C=O) groups excluding carboxylic acids is 2. The Morgan fingerprint density at radius 2 is 1.35 bits per heavy atom. The minimum Gasteiger partial charge on any atom is -0.350 e. The van der Waals surface area contributed by atoms with E-state index in [1.807, 2.05) is 107 Å². The summed E-state index contributed by atoms with van der Waals surface area (Å²) in [6, 6.07) is 25.3. The Balaban J connectivity index is 2.09. The summed E-state index contributed by atoms with van der Waals surface area (Å²) < 4.78 is 27.3. The van der Waals surface area contributed by atoms with Gasteiger partial charge in [-0.1, -0.05) is 92.7 Å². The minimum absolute atomic E-state index is 0.0411. The lowest BCUT2D eigenvalue weighted by Crippen LogP contribution is -2.56. The standard InChI is InChI=1S/C32H41N3O4S/c1-24(2)27-19-13-14-20-28(27)35(40(6,38)39)23-30(36)34(22-26-17-11-8-12-18-26)29(31(37)33-32(3,4)5)21-25-15-9-7-10-16-25/h7-20,24,29H,21-23H2,1-6H3,(H,33,37)/t29-/m0/s1. The average molecular weight is 564 g/mol. The van der Waals surface area contributed by atoms with Crippen molar-refractivity contribution in [2.45, 2.75) is 65.1 Å². The quantitative estimate of drug-likeness (QED) is 0.350. The molecule has 8 heteroatoms. The van der Waals surface area contributed by atoms with Gasteiger partial charge in [0.15, 0.2) is 0 Å². The largest absolute Gasteiger partial charge is 0.350 e. The van der Waals surface area contributed by atoms with E-state index in [-0.39, 0.29) is 24.8 Å². The van der Waals surface area contributed by atoms with Crippen molar-refractivity contribution in [1.82, 2.24) is 10.2 Å². The van der Waals surface area contributed by atoms with Gasteiger partial charge in [-0.2, -0.15) is 0 Å². The maximum Gasteiger partial charge on any atom is 0.244 e. The first-order chi connectivity index (χ1) is 18.8. The van der Waals surface area contributed by atoms with E-state index in [0.717, 1.165) is 27.3 Å². The SMILES string of the molecule is CC(C)c1ccccc1N(CC(=O)N(Cc1ccccc1)[C@@H](Cc1ccccc1)C(=O)NC(C)(C)C)S(C)(=O)=O. The molecule has 0 aliphatic heterocycles. The van der Waals surface area contributed by atoms with E-state index in [2.05, 4.69) is 5.32 Å². The smallest absolute Gasteiger partial charge is 0.244 e. The average Bonchev–Trinajstić information content (AvgIpc) is 2.88. The Labute approximate surface area is 239 Å². The molecule has 2 amide bonds. The molecule has 3 aromatic rings. The van der Waals surface area contributed by atoms with Gasteiger partial charge in [-0.3, -0.25) is 13.9 Å². The second kappa shape index (κ2) is 13.1. The number of carbonyl (C=O) groups is 2. The summed E-state index contributed by atoms with van der Waals surface area (Å²) in [6.45, 7) is 9.36.